The molecule has 0 saturated carbocycles. The van der Waals surface area contributed by atoms with Crippen LogP contribution in [0.1, 0.15) is 18.5 Å². The Hall–Kier alpha value is 0.01000. The average molecular weight is 255 g/mol. The standard InChI is InChI=1S/C9H10Cl3NO/c1-4(14)9(13)6-2-5(10)3-7(11)8(6)12/h2-4,9,14H,13H2,1H3/t4?,9-/m1/s1. The minimum atomic E-state index is -0.706. The van der Waals surface area contributed by atoms with Gasteiger partial charge in [0.05, 0.1) is 22.2 Å². The van der Waals surface area contributed by atoms with Gasteiger partial charge in [0, 0.05) is 5.02 Å². The lowest BCUT2D eigenvalue weighted by molar-refractivity contribution is 0.164. The van der Waals surface area contributed by atoms with Crippen molar-refractivity contribution in [3.63, 3.8) is 0 Å². The first kappa shape index (κ1) is 12.1. The molecule has 3 N–H and O–H groups in total. The third-order valence-corrected chi connectivity index (χ3v) is 2.93. The summed E-state index contributed by atoms with van der Waals surface area (Å²) < 4.78 is 0. The second-order valence-electron chi connectivity index (χ2n) is 3.06. The van der Waals surface area contributed by atoms with Crippen LogP contribution in [0, 0.1) is 0 Å². The topological polar surface area (TPSA) is 46.2 Å². The lowest BCUT2D eigenvalue weighted by Crippen LogP contribution is -2.23. The van der Waals surface area contributed by atoms with Gasteiger partial charge >= 0.3 is 0 Å². The fourth-order valence-corrected chi connectivity index (χ4v) is 1.82. The zero-order valence-electron chi connectivity index (χ0n) is 7.47. The van der Waals surface area contributed by atoms with Crippen LogP contribution >= 0.6 is 34.8 Å². The van der Waals surface area contributed by atoms with Gasteiger partial charge in [-0.15, -0.1) is 0 Å². The van der Waals surface area contributed by atoms with Gasteiger partial charge in [0.25, 0.3) is 0 Å². The summed E-state index contributed by atoms with van der Waals surface area (Å²) in [4.78, 5) is 0. The van der Waals surface area contributed by atoms with Gasteiger partial charge in [-0.05, 0) is 24.6 Å². The summed E-state index contributed by atoms with van der Waals surface area (Å²) in [6.07, 6.45) is -0.706. The van der Waals surface area contributed by atoms with Crippen molar-refractivity contribution >= 4 is 34.8 Å². The molecule has 0 spiro atoms. The lowest BCUT2D eigenvalue weighted by Gasteiger charge is -2.17. The maximum absolute atomic E-state index is 9.31. The van der Waals surface area contributed by atoms with Gasteiger partial charge in [0.2, 0.25) is 0 Å². The number of benzene rings is 1. The molecule has 0 radical (unpaired) electrons. The molecule has 0 saturated heterocycles. The van der Waals surface area contributed by atoms with E-state index in [1.807, 2.05) is 0 Å². The van der Waals surface area contributed by atoms with Gasteiger partial charge in [-0.25, -0.2) is 0 Å². The van der Waals surface area contributed by atoms with Gasteiger partial charge in [0.1, 0.15) is 0 Å². The summed E-state index contributed by atoms with van der Waals surface area (Å²) in [7, 11) is 0. The Morgan fingerprint density at radius 1 is 1.29 bits per heavy atom. The Balaban J connectivity index is 3.20. The van der Waals surface area contributed by atoms with Crippen LogP contribution in [0.15, 0.2) is 12.1 Å². The second-order valence-corrected chi connectivity index (χ2v) is 4.28. The zero-order valence-corrected chi connectivity index (χ0v) is 9.74. The molecule has 0 aliphatic heterocycles. The third-order valence-electron chi connectivity index (χ3n) is 1.90. The molecule has 14 heavy (non-hydrogen) atoms. The average Bonchev–Trinajstić information content (AvgIpc) is 2.09. The van der Waals surface area contributed by atoms with Gasteiger partial charge in [0.15, 0.2) is 0 Å². The fraction of sp³-hybridized carbons (Fsp3) is 0.333. The third kappa shape index (κ3) is 2.53. The molecule has 1 rings (SSSR count). The molecule has 0 aliphatic carbocycles. The number of halogens is 3. The van der Waals surface area contributed by atoms with E-state index >= 15 is 0 Å². The number of aliphatic hydroxyl groups excluding tert-OH is 1. The minimum absolute atomic E-state index is 0.337. The van der Waals surface area contributed by atoms with Crippen molar-refractivity contribution in [3.05, 3.63) is 32.8 Å². The second kappa shape index (κ2) is 4.69. The molecule has 1 aromatic carbocycles. The Labute approximate surface area is 97.6 Å². The van der Waals surface area contributed by atoms with Gasteiger partial charge < -0.3 is 10.8 Å². The highest BCUT2D eigenvalue weighted by Gasteiger charge is 2.17. The van der Waals surface area contributed by atoms with Crippen molar-refractivity contribution in [1.82, 2.24) is 0 Å². The van der Waals surface area contributed by atoms with E-state index in [1.54, 1.807) is 13.0 Å². The van der Waals surface area contributed by atoms with Crippen molar-refractivity contribution in [1.29, 1.82) is 0 Å². The van der Waals surface area contributed by atoms with Crippen LogP contribution in [-0.4, -0.2) is 11.2 Å². The molecular weight excluding hydrogens is 244 g/mol. The van der Waals surface area contributed by atoms with Crippen LogP contribution in [0.3, 0.4) is 0 Å². The van der Waals surface area contributed by atoms with E-state index in [0.29, 0.717) is 20.6 Å². The maximum atomic E-state index is 9.31. The molecule has 0 bridgehead atoms. The van der Waals surface area contributed by atoms with Crippen LogP contribution in [0.25, 0.3) is 0 Å². The number of hydrogen-bond acceptors (Lipinski definition) is 2. The van der Waals surface area contributed by atoms with Crippen LogP contribution in [-0.2, 0) is 0 Å². The normalized spacial score (nSPS) is 15.3. The van der Waals surface area contributed by atoms with E-state index in [2.05, 4.69) is 0 Å². The van der Waals surface area contributed by atoms with Gasteiger partial charge in [-0.1, -0.05) is 34.8 Å². The van der Waals surface area contributed by atoms with Crippen molar-refractivity contribution in [2.45, 2.75) is 19.1 Å². The molecule has 78 valence electrons. The summed E-state index contributed by atoms with van der Waals surface area (Å²) in [6, 6.07) is 2.55. The predicted octanol–water partition coefficient (Wildman–Crippen LogP) is 3.03. The molecule has 0 fully saturated rings. The summed E-state index contributed by atoms with van der Waals surface area (Å²) >= 11 is 17.5. The van der Waals surface area contributed by atoms with Crippen molar-refractivity contribution in [2.24, 2.45) is 5.73 Å². The highest BCUT2D eigenvalue weighted by molar-refractivity contribution is 6.43. The Morgan fingerprint density at radius 2 is 1.86 bits per heavy atom. The highest BCUT2D eigenvalue weighted by atomic mass is 35.5. The predicted molar refractivity (Wildman–Crippen MR) is 60.1 cm³/mol. The first-order chi connectivity index (χ1) is 6.43. The molecule has 0 aliphatic rings. The zero-order chi connectivity index (χ0) is 10.9. The fourth-order valence-electron chi connectivity index (χ4n) is 1.08. The monoisotopic (exact) mass is 253 g/mol. The number of nitrogens with two attached hydrogens (primary N) is 1. The minimum Gasteiger partial charge on any atom is -0.391 e. The van der Waals surface area contributed by atoms with Crippen LogP contribution in [0.4, 0.5) is 0 Å². The van der Waals surface area contributed by atoms with E-state index in [4.69, 9.17) is 40.5 Å². The van der Waals surface area contributed by atoms with E-state index in [0.717, 1.165) is 0 Å². The van der Waals surface area contributed by atoms with E-state index in [-0.39, 0.29) is 0 Å². The molecule has 2 nitrogen and oxygen atoms in total. The van der Waals surface area contributed by atoms with Crippen LogP contribution < -0.4 is 5.73 Å². The molecule has 1 unspecified atom stereocenters. The Morgan fingerprint density at radius 3 is 2.36 bits per heavy atom. The number of hydrogen-bond donors (Lipinski definition) is 2. The van der Waals surface area contributed by atoms with Crippen molar-refractivity contribution < 1.29 is 5.11 Å². The molecule has 0 heterocycles. The van der Waals surface area contributed by atoms with Crippen LogP contribution in [0.2, 0.25) is 15.1 Å². The first-order valence-corrected chi connectivity index (χ1v) is 5.15. The highest BCUT2D eigenvalue weighted by Crippen LogP contribution is 2.33. The SMILES string of the molecule is CC(O)[C@@H](N)c1cc(Cl)cc(Cl)c1Cl. The quantitative estimate of drug-likeness (QED) is 0.797. The molecule has 1 aromatic rings. The van der Waals surface area contributed by atoms with Gasteiger partial charge in [-0.2, -0.15) is 0 Å². The smallest absolute Gasteiger partial charge is 0.0705 e. The number of rotatable bonds is 2. The van der Waals surface area contributed by atoms with E-state index < -0.39 is 12.1 Å². The van der Waals surface area contributed by atoms with E-state index in [1.165, 1.54) is 6.07 Å². The Bertz CT molecular complexity index is 341. The first-order valence-electron chi connectivity index (χ1n) is 4.01. The van der Waals surface area contributed by atoms with Crippen molar-refractivity contribution in [2.75, 3.05) is 0 Å². The maximum Gasteiger partial charge on any atom is 0.0705 e. The summed E-state index contributed by atoms with van der Waals surface area (Å²) in [5, 5.41) is 10.4. The summed E-state index contributed by atoms with van der Waals surface area (Å²) in [5.41, 5.74) is 6.28. The Kier molecular flexibility index (Phi) is 4.04. The largest absolute Gasteiger partial charge is 0.391 e. The number of aliphatic hydroxyl groups is 1. The van der Waals surface area contributed by atoms with Crippen LogP contribution in [0.5, 0.6) is 0 Å². The van der Waals surface area contributed by atoms with Gasteiger partial charge in [-0.3, -0.25) is 0 Å². The lowest BCUT2D eigenvalue weighted by atomic mass is 10.0. The molecule has 0 amide bonds. The molecule has 2 atom stereocenters. The molecular formula is C9H10Cl3NO. The molecule has 5 heteroatoms. The summed E-state index contributed by atoms with van der Waals surface area (Å²) in [5.74, 6) is 0. The summed E-state index contributed by atoms with van der Waals surface area (Å²) in [6.45, 7) is 1.58. The van der Waals surface area contributed by atoms with E-state index in [9.17, 15) is 5.11 Å². The molecule has 0 aromatic heterocycles. The van der Waals surface area contributed by atoms with Crippen molar-refractivity contribution in [3.8, 4) is 0 Å².